The Hall–Kier alpha value is -0.840. The normalized spacial score (nSPS) is 12.2. The molecule has 1 amide bonds. The van der Waals surface area contributed by atoms with Gasteiger partial charge in [0.05, 0.1) is 0 Å². The summed E-state index contributed by atoms with van der Waals surface area (Å²) >= 11 is 1.80. The number of hydrogen-bond donors (Lipinski definition) is 1. The maximum absolute atomic E-state index is 11.7. The lowest BCUT2D eigenvalue weighted by atomic mass is 10.2. The van der Waals surface area contributed by atoms with Crippen LogP contribution in [0.4, 0.5) is 4.79 Å². The van der Waals surface area contributed by atoms with Crippen LogP contribution >= 0.6 is 11.8 Å². The molecule has 0 radical (unpaired) electrons. The molecule has 0 atom stereocenters. The molecule has 0 fully saturated rings. The van der Waals surface area contributed by atoms with E-state index in [1.807, 2.05) is 27.8 Å². The summed E-state index contributed by atoms with van der Waals surface area (Å²) in [6.45, 7) is 7.67. The van der Waals surface area contributed by atoms with Crippen LogP contribution < -0.4 is 5.32 Å². The molecule has 0 rings (SSSR count). The van der Waals surface area contributed by atoms with Crippen LogP contribution in [-0.4, -0.2) is 42.2 Å². The van der Waals surface area contributed by atoms with Gasteiger partial charge < -0.3 is 10.1 Å². The fourth-order valence-corrected chi connectivity index (χ4v) is 1.65. The number of thioether (sulfide) groups is 1. The van der Waals surface area contributed by atoms with Crippen LogP contribution in [0.5, 0.6) is 0 Å². The maximum atomic E-state index is 11.7. The zero-order valence-corrected chi connectivity index (χ0v) is 12.5. The van der Waals surface area contributed by atoms with Gasteiger partial charge in [0.15, 0.2) is 0 Å². The third-order valence-electron chi connectivity index (χ3n) is 1.81. The lowest BCUT2D eigenvalue weighted by Gasteiger charge is -2.23. The molecule has 0 aliphatic carbocycles. The first-order chi connectivity index (χ1) is 7.80. The lowest BCUT2D eigenvalue weighted by molar-refractivity contribution is 0.0370. The van der Waals surface area contributed by atoms with Crippen molar-refractivity contribution in [2.45, 2.75) is 33.3 Å². The minimum atomic E-state index is -0.461. The third-order valence-corrected chi connectivity index (χ3v) is 2.74. The van der Waals surface area contributed by atoms with Gasteiger partial charge in [-0.2, -0.15) is 11.8 Å². The molecule has 0 aliphatic rings. The number of amides is 1. The zero-order chi connectivity index (χ0) is 13.5. The fraction of sp³-hybridized carbons (Fsp3) is 0.750. The van der Waals surface area contributed by atoms with E-state index in [4.69, 9.17) is 4.74 Å². The van der Waals surface area contributed by atoms with Gasteiger partial charge in [0, 0.05) is 31.7 Å². The SMILES string of the molecule is CCSC/C(=C\N(C)C(=O)OC(C)(C)C)NC. The van der Waals surface area contributed by atoms with Crippen molar-refractivity contribution in [1.82, 2.24) is 10.2 Å². The van der Waals surface area contributed by atoms with Crippen LogP contribution in [0, 0.1) is 0 Å². The molecular weight excluding hydrogens is 236 g/mol. The van der Waals surface area contributed by atoms with Crippen LogP contribution in [0.15, 0.2) is 11.9 Å². The predicted molar refractivity (Wildman–Crippen MR) is 74.1 cm³/mol. The minimum Gasteiger partial charge on any atom is -0.443 e. The Morgan fingerprint density at radius 3 is 2.47 bits per heavy atom. The van der Waals surface area contributed by atoms with E-state index in [2.05, 4.69) is 12.2 Å². The fourth-order valence-electron chi connectivity index (χ4n) is 1.01. The Labute approximate surface area is 109 Å². The molecule has 0 saturated heterocycles. The largest absolute Gasteiger partial charge is 0.443 e. The summed E-state index contributed by atoms with van der Waals surface area (Å²) in [6.07, 6.45) is 1.43. The molecule has 0 bridgehead atoms. The molecule has 0 heterocycles. The van der Waals surface area contributed by atoms with Crippen LogP contribution in [-0.2, 0) is 4.74 Å². The van der Waals surface area contributed by atoms with Crippen molar-refractivity contribution in [1.29, 1.82) is 0 Å². The van der Waals surface area contributed by atoms with E-state index in [-0.39, 0.29) is 6.09 Å². The zero-order valence-electron chi connectivity index (χ0n) is 11.7. The van der Waals surface area contributed by atoms with Crippen molar-refractivity contribution in [3.8, 4) is 0 Å². The van der Waals surface area contributed by atoms with E-state index in [0.717, 1.165) is 17.2 Å². The van der Waals surface area contributed by atoms with Crippen LogP contribution in [0.25, 0.3) is 0 Å². The van der Waals surface area contributed by atoms with Crippen molar-refractivity contribution in [3.63, 3.8) is 0 Å². The minimum absolute atomic E-state index is 0.341. The standard InChI is InChI=1S/C12H24N2O2S/c1-7-17-9-10(13-5)8-14(6)11(15)16-12(2,3)4/h8,13H,7,9H2,1-6H3/b10-8+. The first-order valence-corrected chi connectivity index (χ1v) is 6.87. The van der Waals surface area contributed by atoms with Gasteiger partial charge in [-0.05, 0) is 26.5 Å². The maximum Gasteiger partial charge on any atom is 0.414 e. The van der Waals surface area contributed by atoms with Gasteiger partial charge >= 0.3 is 6.09 Å². The average Bonchev–Trinajstić information content (AvgIpc) is 2.21. The molecular formula is C12H24N2O2S. The summed E-state index contributed by atoms with van der Waals surface area (Å²) in [5.74, 6) is 1.91. The average molecular weight is 260 g/mol. The quantitative estimate of drug-likeness (QED) is 0.825. The molecule has 100 valence electrons. The summed E-state index contributed by atoms with van der Waals surface area (Å²) in [6, 6.07) is 0. The highest BCUT2D eigenvalue weighted by atomic mass is 32.2. The molecule has 4 nitrogen and oxygen atoms in total. The second-order valence-corrected chi connectivity index (χ2v) is 5.91. The van der Waals surface area contributed by atoms with Crippen molar-refractivity contribution in [2.24, 2.45) is 0 Å². The summed E-state index contributed by atoms with van der Waals surface area (Å²) in [5, 5.41) is 3.08. The molecule has 5 heteroatoms. The summed E-state index contributed by atoms with van der Waals surface area (Å²) < 4.78 is 5.26. The molecule has 0 aliphatic heterocycles. The van der Waals surface area contributed by atoms with Gasteiger partial charge in [-0.3, -0.25) is 4.90 Å². The summed E-state index contributed by atoms with van der Waals surface area (Å²) in [5.41, 5.74) is 0.544. The number of carbonyl (C=O) groups excluding carboxylic acids is 1. The smallest absolute Gasteiger partial charge is 0.414 e. The van der Waals surface area contributed by atoms with Gasteiger partial charge in [-0.15, -0.1) is 0 Å². The van der Waals surface area contributed by atoms with Gasteiger partial charge in [0.1, 0.15) is 5.60 Å². The predicted octanol–water partition coefficient (Wildman–Crippen LogP) is 2.67. The molecule has 1 N–H and O–H groups in total. The Kier molecular flexibility index (Phi) is 7.11. The number of hydrogen-bond acceptors (Lipinski definition) is 4. The highest BCUT2D eigenvalue weighted by molar-refractivity contribution is 7.99. The monoisotopic (exact) mass is 260 g/mol. The van der Waals surface area contributed by atoms with E-state index < -0.39 is 5.60 Å². The molecule has 0 saturated carbocycles. The van der Waals surface area contributed by atoms with E-state index in [9.17, 15) is 4.79 Å². The number of nitrogens with zero attached hydrogens (tertiary/aromatic N) is 1. The molecule has 17 heavy (non-hydrogen) atoms. The number of carbonyl (C=O) groups is 1. The van der Waals surface area contributed by atoms with Crippen LogP contribution in [0.1, 0.15) is 27.7 Å². The number of ether oxygens (including phenoxy) is 1. The molecule has 0 aromatic rings. The molecule has 0 aromatic heterocycles. The van der Waals surface area contributed by atoms with E-state index in [1.165, 1.54) is 4.90 Å². The van der Waals surface area contributed by atoms with E-state index in [0.29, 0.717) is 0 Å². The van der Waals surface area contributed by atoms with Crippen LogP contribution in [0.3, 0.4) is 0 Å². The van der Waals surface area contributed by atoms with Gasteiger partial charge in [0.25, 0.3) is 0 Å². The Balaban J connectivity index is 4.41. The summed E-state index contributed by atoms with van der Waals surface area (Å²) in [7, 11) is 3.55. The molecule has 0 unspecified atom stereocenters. The first kappa shape index (κ1) is 16.2. The Morgan fingerprint density at radius 1 is 1.47 bits per heavy atom. The third kappa shape index (κ3) is 7.96. The molecule has 0 spiro atoms. The highest BCUT2D eigenvalue weighted by Crippen LogP contribution is 2.10. The second kappa shape index (κ2) is 7.48. The second-order valence-electron chi connectivity index (χ2n) is 4.63. The van der Waals surface area contributed by atoms with E-state index in [1.54, 1.807) is 25.0 Å². The molecule has 0 aromatic carbocycles. The van der Waals surface area contributed by atoms with Gasteiger partial charge in [-0.25, -0.2) is 4.79 Å². The topological polar surface area (TPSA) is 41.6 Å². The van der Waals surface area contributed by atoms with Crippen molar-refractivity contribution in [2.75, 3.05) is 25.6 Å². The number of rotatable bonds is 5. The van der Waals surface area contributed by atoms with Gasteiger partial charge in [0.2, 0.25) is 0 Å². The van der Waals surface area contributed by atoms with E-state index >= 15 is 0 Å². The Morgan fingerprint density at radius 2 is 2.06 bits per heavy atom. The van der Waals surface area contributed by atoms with Crippen molar-refractivity contribution >= 4 is 17.9 Å². The van der Waals surface area contributed by atoms with Gasteiger partial charge in [-0.1, -0.05) is 6.92 Å². The van der Waals surface area contributed by atoms with Crippen molar-refractivity contribution < 1.29 is 9.53 Å². The highest BCUT2D eigenvalue weighted by Gasteiger charge is 2.18. The summed E-state index contributed by atoms with van der Waals surface area (Å²) in [4.78, 5) is 13.2. The van der Waals surface area contributed by atoms with Crippen molar-refractivity contribution in [3.05, 3.63) is 11.9 Å². The first-order valence-electron chi connectivity index (χ1n) is 5.72. The Bertz CT molecular complexity index is 272. The van der Waals surface area contributed by atoms with Crippen LogP contribution in [0.2, 0.25) is 0 Å². The lowest BCUT2D eigenvalue weighted by Crippen LogP contribution is -2.32. The number of nitrogens with one attached hydrogen (secondary N) is 1.